The summed E-state index contributed by atoms with van der Waals surface area (Å²) in [6, 6.07) is 15.4. The Labute approximate surface area is 137 Å². The Morgan fingerprint density at radius 3 is 2.52 bits per heavy atom. The molecule has 0 aliphatic rings. The van der Waals surface area contributed by atoms with E-state index < -0.39 is 6.03 Å². The van der Waals surface area contributed by atoms with Gasteiger partial charge in [0, 0.05) is 11.3 Å². The SMILES string of the molecule is C=C(NC(=O)/N=C(\C)c1ccccc1)c1cc(CC)ccc1C. The molecule has 0 radical (unpaired) electrons. The molecule has 2 rings (SSSR count). The van der Waals surface area contributed by atoms with E-state index in [1.165, 1.54) is 5.56 Å². The first-order valence-corrected chi connectivity index (χ1v) is 7.71. The zero-order valence-electron chi connectivity index (χ0n) is 13.9. The molecule has 23 heavy (non-hydrogen) atoms. The lowest BCUT2D eigenvalue weighted by atomic mass is 10.0. The summed E-state index contributed by atoms with van der Waals surface area (Å²) in [6.45, 7) is 9.91. The summed E-state index contributed by atoms with van der Waals surface area (Å²) in [4.78, 5) is 16.2. The van der Waals surface area contributed by atoms with Crippen LogP contribution in [0.15, 0.2) is 60.1 Å². The van der Waals surface area contributed by atoms with E-state index in [0.717, 1.165) is 23.1 Å². The lowest BCUT2D eigenvalue weighted by Crippen LogP contribution is -2.19. The second-order valence-electron chi connectivity index (χ2n) is 5.47. The van der Waals surface area contributed by atoms with E-state index in [2.05, 4.69) is 35.9 Å². The number of urea groups is 1. The number of aryl methyl sites for hydroxylation is 2. The average molecular weight is 306 g/mol. The minimum atomic E-state index is -0.405. The molecule has 0 unspecified atom stereocenters. The van der Waals surface area contributed by atoms with Gasteiger partial charge in [-0.15, -0.1) is 0 Å². The molecule has 0 atom stereocenters. The van der Waals surface area contributed by atoms with Gasteiger partial charge in [-0.3, -0.25) is 0 Å². The zero-order valence-corrected chi connectivity index (χ0v) is 13.9. The molecule has 0 bridgehead atoms. The molecule has 2 aromatic carbocycles. The van der Waals surface area contributed by atoms with Crippen molar-refractivity contribution in [2.24, 2.45) is 4.99 Å². The highest BCUT2D eigenvalue weighted by atomic mass is 16.2. The highest BCUT2D eigenvalue weighted by Crippen LogP contribution is 2.18. The molecule has 0 aliphatic heterocycles. The summed E-state index contributed by atoms with van der Waals surface area (Å²) in [7, 11) is 0. The molecule has 0 fully saturated rings. The second-order valence-corrected chi connectivity index (χ2v) is 5.47. The van der Waals surface area contributed by atoms with Gasteiger partial charge in [-0.2, -0.15) is 4.99 Å². The van der Waals surface area contributed by atoms with Gasteiger partial charge in [-0.05, 0) is 43.0 Å². The van der Waals surface area contributed by atoms with Crippen LogP contribution in [0.3, 0.4) is 0 Å². The van der Waals surface area contributed by atoms with Crippen LogP contribution < -0.4 is 5.32 Å². The molecule has 0 aromatic heterocycles. The van der Waals surface area contributed by atoms with E-state index in [0.29, 0.717) is 11.4 Å². The number of amides is 2. The fraction of sp³-hybridized carbons (Fsp3) is 0.200. The van der Waals surface area contributed by atoms with E-state index in [9.17, 15) is 4.79 Å². The molecule has 3 nitrogen and oxygen atoms in total. The van der Waals surface area contributed by atoms with Crippen molar-refractivity contribution in [1.29, 1.82) is 0 Å². The average Bonchev–Trinajstić information content (AvgIpc) is 2.55. The summed E-state index contributed by atoms with van der Waals surface area (Å²) < 4.78 is 0. The lowest BCUT2D eigenvalue weighted by Gasteiger charge is -2.11. The van der Waals surface area contributed by atoms with Crippen LogP contribution in [0, 0.1) is 6.92 Å². The Balaban J connectivity index is 2.13. The van der Waals surface area contributed by atoms with Crippen molar-refractivity contribution >= 4 is 17.4 Å². The Morgan fingerprint density at radius 2 is 1.87 bits per heavy atom. The molecule has 1 N–H and O–H groups in total. The molecular formula is C20H22N2O. The van der Waals surface area contributed by atoms with Crippen molar-refractivity contribution in [3.05, 3.63) is 77.4 Å². The van der Waals surface area contributed by atoms with Gasteiger partial charge < -0.3 is 5.32 Å². The number of hydrogen-bond acceptors (Lipinski definition) is 1. The standard InChI is InChI=1S/C20H22N2O/c1-5-17-12-11-14(2)19(13-17)16(4)22-20(23)21-15(3)18-9-7-6-8-10-18/h6-13H,4-5H2,1-3H3,(H,22,23)/b21-15+. The lowest BCUT2D eigenvalue weighted by molar-refractivity contribution is 0.253. The second kappa shape index (κ2) is 7.54. The molecular weight excluding hydrogens is 284 g/mol. The maximum Gasteiger partial charge on any atom is 0.345 e. The maximum atomic E-state index is 12.1. The first-order valence-electron chi connectivity index (χ1n) is 7.71. The van der Waals surface area contributed by atoms with Gasteiger partial charge in [-0.1, -0.05) is 56.0 Å². The molecule has 0 saturated carbocycles. The molecule has 0 spiro atoms. The van der Waals surface area contributed by atoms with Crippen LogP contribution in [0.1, 0.15) is 36.1 Å². The van der Waals surface area contributed by atoms with Crippen molar-refractivity contribution in [1.82, 2.24) is 5.32 Å². The third-order valence-corrected chi connectivity index (χ3v) is 3.75. The molecule has 3 heteroatoms. The quantitative estimate of drug-likeness (QED) is 0.814. The van der Waals surface area contributed by atoms with E-state index in [1.54, 1.807) is 0 Å². The van der Waals surface area contributed by atoms with Gasteiger partial charge in [0.05, 0.1) is 5.71 Å². The number of aliphatic imine (C=N–C) groups is 1. The predicted octanol–water partition coefficient (Wildman–Crippen LogP) is 4.75. The molecule has 0 aliphatic carbocycles. The van der Waals surface area contributed by atoms with E-state index >= 15 is 0 Å². The Bertz CT molecular complexity index is 745. The third kappa shape index (κ3) is 4.39. The van der Waals surface area contributed by atoms with Crippen molar-refractivity contribution in [2.75, 3.05) is 0 Å². The zero-order chi connectivity index (χ0) is 16.8. The monoisotopic (exact) mass is 306 g/mol. The molecule has 2 aromatic rings. The van der Waals surface area contributed by atoms with Crippen molar-refractivity contribution < 1.29 is 4.79 Å². The first kappa shape index (κ1) is 16.7. The van der Waals surface area contributed by atoms with Crippen molar-refractivity contribution in [3.8, 4) is 0 Å². The number of carbonyl (C=O) groups is 1. The van der Waals surface area contributed by atoms with Gasteiger partial charge in [0.1, 0.15) is 0 Å². The summed E-state index contributed by atoms with van der Waals surface area (Å²) >= 11 is 0. The summed E-state index contributed by atoms with van der Waals surface area (Å²) in [5, 5.41) is 2.77. The summed E-state index contributed by atoms with van der Waals surface area (Å²) in [6.07, 6.45) is 0.944. The Hall–Kier alpha value is -2.68. The number of benzene rings is 2. The predicted molar refractivity (Wildman–Crippen MR) is 96.8 cm³/mol. The van der Waals surface area contributed by atoms with Crippen LogP contribution in [0.5, 0.6) is 0 Å². The highest BCUT2D eigenvalue weighted by Gasteiger charge is 2.08. The van der Waals surface area contributed by atoms with E-state index in [-0.39, 0.29) is 0 Å². The maximum absolute atomic E-state index is 12.1. The number of carbonyl (C=O) groups excluding carboxylic acids is 1. The first-order chi connectivity index (χ1) is 11.0. The number of hydrogen-bond donors (Lipinski definition) is 1. The number of rotatable bonds is 4. The van der Waals surface area contributed by atoms with Gasteiger partial charge in [0.2, 0.25) is 0 Å². The number of nitrogens with zero attached hydrogens (tertiary/aromatic N) is 1. The van der Waals surface area contributed by atoms with Crippen LogP contribution in [-0.4, -0.2) is 11.7 Å². The van der Waals surface area contributed by atoms with Gasteiger partial charge in [0.15, 0.2) is 0 Å². The topological polar surface area (TPSA) is 41.5 Å². The molecule has 0 heterocycles. The Kier molecular flexibility index (Phi) is 5.47. The summed E-state index contributed by atoms with van der Waals surface area (Å²) in [5.41, 5.74) is 5.42. The van der Waals surface area contributed by atoms with Crippen molar-refractivity contribution in [2.45, 2.75) is 27.2 Å². The van der Waals surface area contributed by atoms with E-state index in [1.807, 2.05) is 50.2 Å². The Morgan fingerprint density at radius 1 is 1.17 bits per heavy atom. The van der Waals surface area contributed by atoms with Crippen LogP contribution >= 0.6 is 0 Å². The van der Waals surface area contributed by atoms with Crippen LogP contribution in [-0.2, 0) is 6.42 Å². The molecule has 118 valence electrons. The van der Waals surface area contributed by atoms with E-state index in [4.69, 9.17) is 0 Å². The van der Waals surface area contributed by atoms with Gasteiger partial charge in [0.25, 0.3) is 0 Å². The minimum Gasteiger partial charge on any atom is -0.306 e. The normalized spacial score (nSPS) is 11.2. The fourth-order valence-electron chi connectivity index (χ4n) is 2.33. The third-order valence-electron chi connectivity index (χ3n) is 3.75. The van der Waals surface area contributed by atoms with Crippen LogP contribution in [0.2, 0.25) is 0 Å². The largest absolute Gasteiger partial charge is 0.345 e. The van der Waals surface area contributed by atoms with Gasteiger partial charge >= 0.3 is 6.03 Å². The van der Waals surface area contributed by atoms with Gasteiger partial charge in [-0.25, -0.2) is 4.79 Å². The number of nitrogens with one attached hydrogen (secondary N) is 1. The summed E-state index contributed by atoms with van der Waals surface area (Å²) in [5.74, 6) is 0. The van der Waals surface area contributed by atoms with Crippen LogP contribution in [0.25, 0.3) is 5.70 Å². The van der Waals surface area contributed by atoms with Crippen LogP contribution in [0.4, 0.5) is 4.79 Å². The minimum absolute atomic E-state index is 0.405. The molecule has 2 amide bonds. The smallest absolute Gasteiger partial charge is 0.306 e. The molecule has 0 saturated heterocycles. The van der Waals surface area contributed by atoms with Crippen molar-refractivity contribution in [3.63, 3.8) is 0 Å². The highest BCUT2D eigenvalue weighted by molar-refractivity contribution is 6.05. The fourth-order valence-corrected chi connectivity index (χ4v) is 2.33.